The number of ether oxygens (including phenoxy) is 1. The van der Waals surface area contributed by atoms with Gasteiger partial charge in [0, 0.05) is 25.3 Å². The molecule has 0 fully saturated rings. The number of sulfone groups is 1. The van der Waals surface area contributed by atoms with Gasteiger partial charge in [0.15, 0.2) is 15.6 Å². The average molecular weight is 424 g/mol. The van der Waals surface area contributed by atoms with E-state index in [0.29, 0.717) is 33.4 Å². The molecule has 2 aromatic carbocycles. The van der Waals surface area contributed by atoms with E-state index >= 15 is 0 Å². The molecule has 7 heteroatoms. The van der Waals surface area contributed by atoms with Crippen LogP contribution in [-0.2, 0) is 14.6 Å². The molecular weight excluding hydrogens is 404 g/mol. The first-order chi connectivity index (χ1) is 14.2. The smallest absolute Gasteiger partial charge is 0.200 e. The van der Waals surface area contributed by atoms with Gasteiger partial charge in [-0.15, -0.1) is 0 Å². The number of fused-ring (bicyclic) bond motifs is 1. The highest BCUT2D eigenvalue weighted by atomic mass is 32.2. The molecule has 0 radical (unpaired) electrons. The van der Waals surface area contributed by atoms with Crippen LogP contribution in [0.25, 0.3) is 27.9 Å². The lowest BCUT2D eigenvalue weighted by Gasteiger charge is -2.27. The maximum absolute atomic E-state index is 13.4. The van der Waals surface area contributed by atoms with Crippen molar-refractivity contribution in [2.75, 3.05) is 13.4 Å². The number of rotatable bonds is 4. The van der Waals surface area contributed by atoms with Crippen LogP contribution in [0.1, 0.15) is 12.0 Å². The van der Waals surface area contributed by atoms with Crippen LogP contribution in [0.2, 0.25) is 0 Å². The third-order valence-electron chi connectivity index (χ3n) is 5.11. The molecule has 0 saturated heterocycles. The third-order valence-corrected chi connectivity index (χ3v) is 6.24. The quantitative estimate of drug-likeness (QED) is 0.644. The maximum Gasteiger partial charge on any atom is 0.200 e. The highest BCUT2D eigenvalue weighted by Gasteiger charge is 2.30. The number of allylic oxidation sites excluding steroid dienone is 2. The Morgan fingerprint density at radius 1 is 1.10 bits per heavy atom. The Labute approximate surface area is 173 Å². The summed E-state index contributed by atoms with van der Waals surface area (Å²) in [6.07, 6.45) is 6.09. The Hall–Kier alpha value is -3.00. The largest absolute Gasteiger partial charge is 0.455 e. The van der Waals surface area contributed by atoms with Gasteiger partial charge in [0.05, 0.1) is 15.8 Å². The molecule has 0 amide bonds. The number of para-hydroxylation sites is 1. The van der Waals surface area contributed by atoms with Gasteiger partial charge in [0.1, 0.15) is 11.3 Å². The Balaban J connectivity index is 1.97. The summed E-state index contributed by atoms with van der Waals surface area (Å²) in [6.45, 7) is 0. The molecule has 1 atom stereocenters. The number of aliphatic hydroxyl groups is 1. The topological polar surface area (TPSA) is 93.8 Å². The number of methoxy groups -OCH3 is 1. The standard InChI is InChI=1S/C23H20O6S/c1-28-23(25)13-5-6-16(14-23)20-21(24)18-7-3-4-8-19(18)29-22(20)15-9-11-17(12-10-15)30(2,26)27/h3-13,25H,14H2,1-2H3. The molecule has 4 rings (SSSR count). The zero-order chi connectivity index (χ0) is 21.5. The summed E-state index contributed by atoms with van der Waals surface area (Å²) in [6, 6.07) is 13.1. The van der Waals surface area contributed by atoms with Gasteiger partial charge in [0.25, 0.3) is 0 Å². The van der Waals surface area contributed by atoms with Crippen LogP contribution in [0.5, 0.6) is 0 Å². The molecule has 1 aliphatic rings. The van der Waals surface area contributed by atoms with Crippen molar-refractivity contribution >= 4 is 26.4 Å². The zero-order valence-corrected chi connectivity index (χ0v) is 17.3. The minimum Gasteiger partial charge on any atom is -0.455 e. The first-order valence-corrected chi connectivity index (χ1v) is 11.1. The van der Waals surface area contributed by atoms with E-state index in [0.717, 1.165) is 6.26 Å². The van der Waals surface area contributed by atoms with Gasteiger partial charge >= 0.3 is 0 Å². The fraction of sp³-hybridized carbons (Fsp3) is 0.174. The van der Waals surface area contributed by atoms with E-state index in [9.17, 15) is 18.3 Å². The molecule has 0 spiro atoms. The second kappa shape index (κ2) is 7.36. The van der Waals surface area contributed by atoms with E-state index in [1.54, 1.807) is 48.6 Å². The normalized spacial score (nSPS) is 19.1. The fourth-order valence-corrected chi connectivity index (χ4v) is 4.14. The number of hydrogen-bond donors (Lipinski definition) is 1. The van der Waals surface area contributed by atoms with E-state index in [1.165, 1.54) is 25.3 Å². The van der Waals surface area contributed by atoms with E-state index in [4.69, 9.17) is 9.15 Å². The third kappa shape index (κ3) is 3.63. The lowest BCUT2D eigenvalue weighted by molar-refractivity contribution is -0.141. The number of benzene rings is 2. The summed E-state index contributed by atoms with van der Waals surface area (Å²) in [4.78, 5) is 13.6. The summed E-state index contributed by atoms with van der Waals surface area (Å²) < 4.78 is 34.9. The van der Waals surface area contributed by atoms with Gasteiger partial charge in [0.2, 0.25) is 5.43 Å². The molecule has 30 heavy (non-hydrogen) atoms. The van der Waals surface area contributed by atoms with E-state index < -0.39 is 15.6 Å². The molecule has 154 valence electrons. The van der Waals surface area contributed by atoms with Crippen molar-refractivity contribution in [3.05, 3.63) is 82.5 Å². The second-order valence-corrected chi connectivity index (χ2v) is 9.22. The minimum absolute atomic E-state index is 0.0670. The summed E-state index contributed by atoms with van der Waals surface area (Å²) in [5.74, 6) is -1.22. The van der Waals surface area contributed by atoms with Gasteiger partial charge < -0.3 is 14.3 Å². The molecule has 1 unspecified atom stereocenters. The Morgan fingerprint density at radius 3 is 2.47 bits per heavy atom. The molecule has 3 aromatic rings. The van der Waals surface area contributed by atoms with Crippen molar-refractivity contribution in [1.29, 1.82) is 0 Å². The van der Waals surface area contributed by atoms with Crippen LogP contribution >= 0.6 is 0 Å². The van der Waals surface area contributed by atoms with Gasteiger partial charge in [-0.1, -0.05) is 24.3 Å². The predicted octanol–water partition coefficient (Wildman–Crippen LogP) is 3.54. The van der Waals surface area contributed by atoms with E-state index in [-0.39, 0.29) is 16.7 Å². The van der Waals surface area contributed by atoms with Crippen molar-refractivity contribution in [2.45, 2.75) is 17.1 Å². The Bertz CT molecular complexity index is 1350. The summed E-state index contributed by atoms with van der Waals surface area (Å²) in [5, 5.41) is 11.0. The SMILES string of the molecule is COC1(O)C=CC=C(c2c(-c3ccc(S(C)(=O)=O)cc3)oc3ccccc3c2=O)C1. The van der Waals surface area contributed by atoms with Crippen molar-refractivity contribution in [3.8, 4) is 11.3 Å². The minimum atomic E-state index is -3.36. The van der Waals surface area contributed by atoms with E-state index in [1.807, 2.05) is 0 Å². The average Bonchev–Trinajstić information content (AvgIpc) is 2.73. The van der Waals surface area contributed by atoms with Crippen LogP contribution in [0.4, 0.5) is 0 Å². The second-order valence-electron chi connectivity index (χ2n) is 7.20. The first kappa shape index (κ1) is 20.3. The van der Waals surface area contributed by atoms with Crippen LogP contribution in [0.3, 0.4) is 0 Å². The van der Waals surface area contributed by atoms with Gasteiger partial charge in [-0.25, -0.2) is 8.42 Å². The fourth-order valence-electron chi connectivity index (χ4n) is 3.51. The molecule has 1 heterocycles. The Morgan fingerprint density at radius 2 is 1.80 bits per heavy atom. The summed E-state index contributed by atoms with van der Waals surface area (Å²) in [7, 11) is -1.97. The van der Waals surface area contributed by atoms with Gasteiger partial charge in [-0.2, -0.15) is 0 Å². The molecule has 0 saturated carbocycles. The predicted molar refractivity (Wildman–Crippen MR) is 115 cm³/mol. The number of hydrogen-bond acceptors (Lipinski definition) is 6. The maximum atomic E-state index is 13.4. The summed E-state index contributed by atoms with van der Waals surface area (Å²) >= 11 is 0. The van der Waals surface area contributed by atoms with Crippen LogP contribution in [-0.4, -0.2) is 32.7 Å². The molecule has 0 bridgehead atoms. The molecule has 1 aromatic heterocycles. The van der Waals surface area contributed by atoms with E-state index in [2.05, 4.69) is 0 Å². The van der Waals surface area contributed by atoms with Crippen LogP contribution in [0.15, 0.2) is 80.9 Å². The lowest BCUT2D eigenvalue weighted by Crippen LogP contribution is -2.30. The molecular formula is C23H20O6S. The molecule has 0 aliphatic heterocycles. The highest BCUT2D eigenvalue weighted by Crippen LogP contribution is 2.36. The Kier molecular flexibility index (Phi) is 4.97. The molecule has 6 nitrogen and oxygen atoms in total. The van der Waals surface area contributed by atoms with Crippen molar-refractivity contribution in [3.63, 3.8) is 0 Å². The monoisotopic (exact) mass is 424 g/mol. The van der Waals surface area contributed by atoms with Crippen LogP contribution < -0.4 is 5.43 Å². The van der Waals surface area contributed by atoms with Crippen molar-refractivity contribution in [2.24, 2.45) is 0 Å². The van der Waals surface area contributed by atoms with Crippen molar-refractivity contribution in [1.82, 2.24) is 0 Å². The lowest BCUT2D eigenvalue weighted by atomic mass is 9.90. The van der Waals surface area contributed by atoms with Crippen molar-refractivity contribution < 1.29 is 22.7 Å². The van der Waals surface area contributed by atoms with Gasteiger partial charge in [-0.3, -0.25) is 4.79 Å². The first-order valence-electron chi connectivity index (χ1n) is 9.24. The van der Waals surface area contributed by atoms with Crippen LogP contribution in [0, 0.1) is 0 Å². The summed E-state index contributed by atoms with van der Waals surface area (Å²) in [5.41, 5.74) is 1.60. The van der Waals surface area contributed by atoms with Gasteiger partial charge in [-0.05, 0) is 48.0 Å². The zero-order valence-electron chi connectivity index (χ0n) is 16.5. The molecule has 1 aliphatic carbocycles. The molecule has 1 N–H and O–H groups in total. The highest BCUT2D eigenvalue weighted by molar-refractivity contribution is 7.90.